The van der Waals surface area contributed by atoms with Gasteiger partial charge in [0.2, 0.25) is 0 Å². The van der Waals surface area contributed by atoms with Crippen LogP contribution in [0.25, 0.3) is 0 Å². The van der Waals surface area contributed by atoms with Crippen molar-refractivity contribution in [1.29, 1.82) is 0 Å². The minimum absolute atomic E-state index is 0.0442. The van der Waals surface area contributed by atoms with Crippen molar-refractivity contribution in [3.05, 3.63) is 63.7 Å². The summed E-state index contributed by atoms with van der Waals surface area (Å²) >= 11 is 0. The number of benzene rings is 2. The molecular weight excluding hydrogens is 432 g/mol. The Bertz CT molecular complexity index is 1020. The molecule has 2 aromatic carbocycles. The number of ether oxygens (including phenoxy) is 1. The van der Waals surface area contributed by atoms with Crippen LogP contribution in [0.4, 0.5) is 17.1 Å². The lowest BCUT2D eigenvalue weighted by Crippen LogP contribution is -2.48. The number of hydrogen-bond donors (Lipinski definition) is 1. The van der Waals surface area contributed by atoms with E-state index in [0.29, 0.717) is 44.0 Å². The quantitative estimate of drug-likeness (QED) is 0.500. The smallest absolute Gasteiger partial charge is 0.292 e. The molecule has 34 heavy (non-hydrogen) atoms. The fourth-order valence-electron chi connectivity index (χ4n) is 4.51. The molecule has 1 N–H and O–H groups in total. The zero-order valence-electron chi connectivity index (χ0n) is 20.3. The second kappa shape index (κ2) is 10.0. The molecular formula is C26H34N4O4. The molecule has 0 radical (unpaired) electrons. The van der Waals surface area contributed by atoms with Crippen LogP contribution < -0.4 is 10.2 Å². The summed E-state index contributed by atoms with van der Waals surface area (Å²) in [7, 11) is 0. The van der Waals surface area contributed by atoms with Crippen LogP contribution in [-0.2, 0) is 10.2 Å². The Morgan fingerprint density at radius 1 is 1.12 bits per heavy atom. The van der Waals surface area contributed by atoms with Crippen LogP contribution in [-0.4, -0.2) is 61.2 Å². The molecule has 2 aliphatic rings. The maximum atomic E-state index is 13.0. The number of amides is 1. The van der Waals surface area contributed by atoms with Gasteiger partial charge in [0, 0.05) is 56.6 Å². The minimum atomic E-state index is -0.358. The van der Waals surface area contributed by atoms with Gasteiger partial charge < -0.3 is 19.9 Å². The maximum Gasteiger partial charge on any atom is 0.292 e. The highest BCUT2D eigenvalue weighted by Crippen LogP contribution is 2.31. The van der Waals surface area contributed by atoms with E-state index in [2.05, 4.69) is 31.0 Å². The van der Waals surface area contributed by atoms with Gasteiger partial charge in [-0.05, 0) is 48.1 Å². The van der Waals surface area contributed by atoms with Gasteiger partial charge in [-0.15, -0.1) is 0 Å². The van der Waals surface area contributed by atoms with Crippen LogP contribution >= 0.6 is 0 Å². The van der Waals surface area contributed by atoms with E-state index in [4.69, 9.17) is 4.74 Å². The molecule has 0 spiro atoms. The lowest BCUT2D eigenvalue weighted by molar-refractivity contribution is -0.383. The fourth-order valence-corrected chi connectivity index (χ4v) is 4.51. The Kier molecular flexibility index (Phi) is 7.07. The first-order valence-corrected chi connectivity index (χ1v) is 12.0. The lowest BCUT2D eigenvalue weighted by atomic mass is 9.86. The molecule has 2 fully saturated rings. The monoisotopic (exact) mass is 466 g/mol. The SMILES string of the molecule is CC(C)(C)c1ccc(C(=O)N2CCN(c3ccc([N+](=O)[O-])c(NC[C@H]4CCCO4)c3)CC2)cc1. The van der Waals surface area contributed by atoms with Crippen molar-refractivity contribution >= 4 is 23.0 Å². The zero-order chi connectivity index (χ0) is 24.3. The predicted octanol–water partition coefficient (Wildman–Crippen LogP) is 4.45. The standard InChI is InChI=1S/C26H34N4O4/c1-26(2,3)20-8-6-19(7-9-20)25(31)29-14-12-28(13-15-29)21-10-11-24(30(32)33)23(17-21)27-18-22-5-4-16-34-22/h6-11,17,22,27H,4-5,12-16,18H2,1-3H3/t22-/m1/s1. The first-order valence-electron chi connectivity index (χ1n) is 12.0. The van der Waals surface area contributed by atoms with Gasteiger partial charge in [-0.1, -0.05) is 32.9 Å². The van der Waals surface area contributed by atoms with Crippen LogP contribution in [0.1, 0.15) is 49.5 Å². The molecule has 1 amide bonds. The Balaban J connectivity index is 1.39. The van der Waals surface area contributed by atoms with Gasteiger partial charge in [0.25, 0.3) is 11.6 Å². The summed E-state index contributed by atoms with van der Waals surface area (Å²) in [6.45, 7) is 10.3. The van der Waals surface area contributed by atoms with Gasteiger partial charge in [0.1, 0.15) is 5.69 Å². The van der Waals surface area contributed by atoms with Crippen molar-refractivity contribution in [3.8, 4) is 0 Å². The van der Waals surface area contributed by atoms with Gasteiger partial charge in [-0.3, -0.25) is 14.9 Å². The summed E-state index contributed by atoms with van der Waals surface area (Å²) < 4.78 is 5.64. The van der Waals surface area contributed by atoms with Gasteiger partial charge in [-0.2, -0.15) is 0 Å². The molecule has 2 aliphatic heterocycles. The molecule has 2 aromatic rings. The van der Waals surface area contributed by atoms with Crippen LogP contribution in [0.5, 0.6) is 0 Å². The topological polar surface area (TPSA) is 88.0 Å². The first-order chi connectivity index (χ1) is 16.2. The highest BCUT2D eigenvalue weighted by Gasteiger charge is 2.25. The summed E-state index contributed by atoms with van der Waals surface area (Å²) in [6.07, 6.45) is 2.09. The van der Waals surface area contributed by atoms with E-state index in [0.717, 1.165) is 25.1 Å². The largest absolute Gasteiger partial charge is 0.377 e. The molecule has 0 bridgehead atoms. The Morgan fingerprint density at radius 2 is 1.82 bits per heavy atom. The van der Waals surface area contributed by atoms with Crippen LogP contribution in [0.2, 0.25) is 0 Å². The maximum absolute atomic E-state index is 13.0. The molecule has 1 atom stereocenters. The number of nitrogens with zero attached hydrogens (tertiary/aromatic N) is 3. The van der Waals surface area contributed by atoms with E-state index in [9.17, 15) is 14.9 Å². The number of anilines is 2. The van der Waals surface area contributed by atoms with E-state index in [1.165, 1.54) is 5.56 Å². The summed E-state index contributed by atoms with van der Waals surface area (Å²) in [5, 5.41) is 14.7. The molecule has 0 saturated carbocycles. The van der Waals surface area contributed by atoms with Gasteiger partial charge in [0.15, 0.2) is 0 Å². The predicted molar refractivity (Wildman–Crippen MR) is 134 cm³/mol. The summed E-state index contributed by atoms with van der Waals surface area (Å²) in [5.41, 5.74) is 3.45. The van der Waals surface area contributed by atoms with E-state index in [1.807, 2.05) is 35.2 Å². The average Bonchev–Trinajstić information content (AvgIpc) is 3.35. The van der Waals surface area contributed by atoms with E-state index >= 15 is 0 Å². The number of piperazine rings is 1. The molecule has 2 heterocycles. The fraction of sp³-hybridized carbons (Fsp3) is 0.500. The first kappa shape index (κ1) is 24.0. The van der Waals surface area contributed by atoms with Crippen LogP contribution in [0, 0.1) is 10.1 Å². The lowest BCUT2D eigenvalue weighted by Gasteiger charge is -2.36. The van der Waals surface area contributed by atoms with E-state index in [1.54, 1.807) is 12.1 Å². The highest BCUT2D eigenvalue weighted by atomic mass is 16.6. The number of carbonyl (C=O) groups excluding carboxylic acids is 1. The molecule has 0 aromatic heterocycles. The number of rotatable bonds is 6. The van der Waals surface area contributed by atoms with Crippen LogP contribution in [0.15, 0.2) is 42.5 Å². The number of hydrogen-bond acceptors (Lipinski definition) is 6. The van der Waals surface area contributed by atoms with Crippen molar-refractivity contribution in [2.45, 2.75) is 45.1 Å². The van der Waals surface area contributed by atoms with Gasteiger partial charge in [-0.25, -0.2) is 0 Å². The third kappa shape index (κ3) is 5.50. The molecule has 0 aliphatic carbocycles. The van der Waals surface area contributed by atoms with Crippen molar-refractivity contribution in [1.82, 2.24) is 4.90 Å². The van der Waals surface area contributed by atoms with E-state index in [-0.39, 0.29) is 28.0 Å². The van der Waals surface area contributed by atoms with Gasteiger partial charge in [0.05, 0.1) is 11.0 Å². The Hall–Kier alpha value is -3.13. The third-order valence-electron chi connectivity index (χ3n) is 6.65. The van der Waals surface area contributed by atoms with Crippen molar-refractivity contribution in [2.75, 3.05) is 49.5 Å². The average molecular weight is 467 g/mol. The highest BCUT2D eigenvalue weighted by molar-refractivity contribution is 5.94. The number of carbonyl (C=O) groups is 1. The second-order valence-corrected chi connectivity index (χ2v) is 10.1. The summed E-state index contributed by atoms with van der Waals surface area (Å²) in [5.74, 6) is 0.0442. The van der Waals surface area contributed by atoms with Crippen molar-refractivity contribution in [3.63, 3.8) is 0 Å². The molecule has 2 saturated heterocycles. The summed E-state index contributed by atoms with van der Waals surface area (Å²) in [4.78, 5) is 28.2. The normalized spacial score (nSPS) is 18.7. The number of nitrogens with one attached hydrogen (secondary N) is 1. The van der Waals surface area contributed by atoms with Crippen molar-refractivity contribution < 1.29 is 14.5 Å². The number of nitro groups is 1. The van der Waals surface area contributed by atoms with Crippen molar-refractivity contribution in [2.24, 2.45) is 0 Å². The summed E-state index contributed by atoms with van der Waals surface area (Å²) in [6, 6.07) is 13.1. The Labute approximate surface area is 201 Å². The molecule has 8 nitrogen and oxygen atoms in total. The van der Waals surface area contributed by atoms with Crippen LogP contribution in [0.3, 0.4) is 0 Å². The minimum Gasteiger partial charge on any atom is -0.377 e. The third-order valence-corrected chi connectivity index (χ3v) is 6.65. The number of nitro benzene ring substituents is 1. The van der Waals surface area contributed by atoms with Gasteiger partial charge >= 0.3 is 0 Å². The molecule has 4 rings (SSSR count). The Morgan fingerprint density at radius 3 is 2.41 bits per heavy atom. The second-order valence-electron chi connectivity index (χ2n) is 10.1. The van der Waals surface area contributed by atoms with E-state index < -0.39 is 0 Å². The molecule has 0 unspecified atom stereocenters. The molecule has 182 valence electrons. The molecule has 8 heteroatoms. The zero-order valence-corrected chi connectivity index (χ0v) is 20.3.